The molecule has 0 aromatic carbocycles. The van der Waals surface area contributed by atoms with Crippen molar-refractivity contribution < 1.29 is 8.42 Å². The van der Waals surface area contributed by atoms with Crippen LogP contribution in [0.5, 0.6) is 0 Å². The summed E-state index contributed by atoms with van der Waals surface area (Å²) in [4.78, 5) is 1.10. The standard InChI is InChI=1S/C17H24N2O2S2/c1-23(20,21)16-8-4-13(5-9-16)17-12-18-11-14(19-17)6-7-15-3-2-10-22-15/h2-3,10,13-14,16-19H,4-5,8-9,11-12H2,1H3. The van der Waals surface area contributed by atoms with Crippen molar-refractivity contribution in [3.63, 3.8) is 0 Å². The van der Waals surface area contributed by atoms with E-state index in [2.05, 4.69) is 22.5 Å². The number of hydrogen-bond acceptors (Lipinski definition) is 5. The molecule has 2 unspecified atom stereocenters. The second-order valence-electron chi connectivity index (χ2n) is 6.60. The second-order valence-corrected chi connectivity index (χ2v) is 9.87. The molecule has 0 radical (unpaired) electrons. The molecule has 0 amide bonds. The zero-order valence-electron chi connectivity index (χ0n) is 13.4. The van der Waals surface area contributed by atoms with E-state index in [-0.39, 0.29) is 11.3 Å². The lowest BCUT2D eigenvalue weighted by molar-refractivity contribution is 0.232. The minimum Gasteiger partial charge on any atom is -0.313 e. The smallest absolute Gasteiger partial charge is 0.150 e. The molecule has 23 heavy (non-hydrogen) atoms. The molecule has 1 aliphatic carbocycles. The minimum atomic E-state index is -2.88. The van der Waals surface area contributed by atoms with Crippen molar-refractivity contribution >= 4 is 21.2 Å². The van der Waals surface area contributed by atoms with E-state index in [4.69, 9.17) is 0 Å². The number of thiophene rings is 1. The molecular formula is C17H24N2O2S2. The van der Waals surface area contributed by atoms with Crippen LogP contribution in [0, 0.1) is 17.8 Å². The van der Waals surface area contributed by atoms with Gasteiger partial charge in [0.25, 0.3) is 0 Å². The van der Waals surface area contributed by atoms with Crippen molar-refractivity contribution in [1.29, 1.82) is 0 Å². The highest BCUT2D eigenvalue weighted by atomic mass is 32.2. The summed E-state index contributed by atoms with van der Waals surface area (Å²) in [6.07, 6.45) is 4.94. The van der Waals surface area contributed by atoms with Crippen molar-refractivity contribution in [2.24, 2.45) is 5.92 Å². The molecule has 4 nitrogen and oxygen atoms in total. The Hall–Kier alpha value is -0.870. The third-order valence-corrected chi connectivity index (χ3v) is 7.38. The molecule has 2 N–H and O–H groups in total. The summed E-state index contributed by atoms with van der Waals surface area (Å²) in [5, 5.41) is 9.04. The van der Waals surface area contributed by atoms with Crippen molar-refractivity contribution in [2.45, 2.75) is 43.0 Å². The van der Waals surface area contributed by atoms with Crippen molar-refractivity contribution in [2.75, 3.05) is 19.3 Å². The highest BCUT2D eigenvalue weighted by Crippen LogP contribution is 2.30. The normalized spacial score (nSPS) is 32.0. The van der Waals surface area contributed by atoms with Crippen molar-refractivity contribution in [1.82, 2.24) is 10.6 Å². The van der Waals surface area contributed by atoms with Crippen LogP contribution < -0.4 is 10.6 Å². The summed E-state index contributed by atoms with van der Waals surface area (Å²) in [7, 11) is -2.88. The average Bonchev–Trinajstić information content (AvgIpc) is 3.06. The maximum absolute atomic E-state index is 11.7. The molecule has 2 fully saturated rings. The SMILES string of the molecule is CS(=O)(=O)C1CCC(C2CNCC(C#Cc3cccs3)N2)CC1. The lowest BCUT2D eigenvalue weighted by Gasteiger charge is -2.38. The van der Waals surface area contributed by atoms with Crippen LogP contribution in [0.25, 0.3) is 0 Å². The molecule has 2 aliphatic rings. The van der Waals surface area contributed by atoms with Crippen LogP contribution in [0.3, 0.4) is 0 Å². The van der Waals surface area contributed by atoms with Gasteiger partial charge in [0.05, 0.1) is 16.2 Å². The molecule has 0 bridgehead atoms. The van der Waals surface area contributed by atoms with Crippen LogP contribution in [0.15, 0.2) is 17.5 Å². The molecule has 0 spiro atoms. The van der Waals surface area contributed by atoms with Gasteiger partial charge in [0, 0.05) is 25.4 Å². The molecule has 1 aliphatic heterocycles. The van der Waals surface area contributed by atoms with Gasteiger partial charge in [0.15, 0.2) is 0 Å². The maximum Gasteiger partial charge on any atom is 0.150 e. The average molecular weight is 353 g/mol. The first kappa shape index (κ1) is 17.0. The Morgan fingerprint density at radius 1 is 1.22 bits per heavy atom. The number of piperazine rings is 1. The van der Waals surface area contributed by atoms with Gasteiger partial charge in [0.1, 0.15) is 9.84 Å². The summed E-state index contributed by atoms with van der Waals surface area (Å²) in [5.74, 6) is 7.10. The predicted octanol–water partition coefficient (Wildman–Crippen LogP) is 1.63. The molecule has 2 heterocycles. The number of hydrogen-bond donors (Lipinski definition) is 2. The van der Waals surface area contributed by atoms with E-state index in [9.17, 15) is 8.42 Å². The Kier molecular flexibility index (Phi) is 5.42. The van der Waals surface area contributed by atoms with Gasteiger partial charge in [-0.05, 0) is 43.0 Å². The molecule has 3 rings (SSSR count). The first-order valence-corrected chi connectivity index (χ1v) is 11.1. The lowest BCUT2D eigenvalue weighted by atomic mass is 9.82. The molecule has 1 saturated carbocycles. The molecular weight excluding hydrogens is 328 g/mol. The van der Waals surface area contributed by atoms with Gasteiger partial charge in [-0.1, -0.05) is 17.9 Å². The fourth-order valence-electron chi connectivity index (χ4n) is 3.58. The van der Waals surface area contributed by atoms with Crippen LogP contribution in [-0.2, 0) is 9.84 Å². The molecule has 2 atom stereocenters. The highest BCUT2D eigenvalue weighted by molar-refractivity contribution is 7.91. The summed E-state index contributed by atoms with van der Waals surface area (Å²) < 4.78 is 23.3. The van der Waals surface area contributed by atoms with E-state index in [0.717, 1.165) is 43.6 Å². The van der Waals surface area contributed by atoms with Crippen LogP contribution >= 0.6 is 11.3 Å². The van der Waals surface area contributed by atoms with Crippen molar-refractivity contribution in [3.05, 3.63) is 22.4 Å². The van der Waals surface area contributed by atoms with Crippen molar-refractivity contribution in [3.8, 4) is 11.8 Å². The Morgan fingerprint density at radius 3 is 2.65 bits per heavy atom. The van der Waals surface area contributed by atoms with Gasteiger partial charge in [-0.2, -0.15) is 0 Å². The zero-order chi connectivity index (χ0) is 16.3. The number of rotatable bonds is 2. The Balaban J connectivity index is 1.55. The summed E-state index contributed by atoms with van der Waals surface area (Å²) in [5.41, 5.74) is 0. The monoisotopic (exact) mass is 352 g/mol. The van der Waals surface area contributed by atoms with Crippen LogP contribution in [0.4, 0.5) is 0 Å². The highest BCUT2D eigenvalue weighted by Gasteiger charge is 2.33. The fraction of sp³-hybridized carbons (Fsp3) is 0.647. The third-order valence-electron chi connectivity index (χ3n) is 4.91. The van der Waals surface area contributed by atoms with E-state index in [0.29, 0.717) is 12.0 Å². The van der Waals surface area contributed by atoms with Gasteiger partial charge >= 0.3 is 0 Å². The first-order valence-electron chi connectivity index (χ1n) is 8.23. The van der Waals surface area contributed by atoms with E-state index < -0.39 is 9.84 Å². The Morgan fingerprint density at radius 2 is 2.00 bits per heavy atom. The Labute approximate surface area is 143 Å². The third kappa shape index (κ3) is 4.57. The molecule has 6 heteroatoms. The van der Waals surface area contributed by atoms with Gasteiger partial charge in [-0.25, -0.2) is 8.42 Å². The van der Waals surface area contributed by atoms with Gasteiger partial charge in [0.2, 0.25) is 0 Å². The number of nitrogens with one attached hydrogen (secondary N) is 2. The largest absolute Gasteiger partial charge is 0.313 e. The second kappa shape index (κ2) is 7.35. The molecule has 126 valence electrons. The van der Waals surface area contributed by atoms with Gasteiger partial charge < -0.3 is 5.32 Å². The van der Waals surface area contributed by atoms with Crippen LogP contribution in [-0.4, -0.2) is 45.1 Å². The summed E-state index contributed by atoms with van der Waals surface area (Å²) >= 11 is 1.66. The fourth-order valence-corrected chi connectivity index (χ4v) is 5.29. The quantitative estimate of drug-likeness (QED) is 0.795. The summed E-state index contributed by atoms with van der Waals surface area (Å²) in [6.45, 7) is 1.82. The van der Waals surface area contributed by atoms with Crippen LogP contribution in [0.2, 0.25) is 0 Å². The van der Waals surface area contributed by atoms with E-state index in [1.165, 1.54) is 6.26 Å². The summed E-state index contributed by atoms with van der Waals surface area (Å²) in [6, 6.07) is 4.62. The molecule has 1 saturated heterocycles. The topological polar surface area (TPSA) is 58.2 Å². The van der Waals surface area contributed by atoms with Crippen LogP contribution in [0.1, 0.15) is 30.6 Å². The predicted molar refractivity (Wildman–Crippen MR) is 95.4 cm³/mol. The zero-order valence-corrected chi connectivity index (χ0v) is 15.1. The first-order chi connectivity index (χ1) is 11.0. The van der Waals surface area contributed by atoms with E-state index >= 15 is 0 Å². The van der Waals surface area contributed by atoms with E-state index in [1.54, 1.807) is 11.3 Å². The van der Waals surface area contributed by atoms with Gasteiger partial charge in [-0.3, -0.25) is 5.32 Å². The molecule has 1 aromatic heterocycles. The maximum atomic E-state index is 11.7. The lowest BCUT2D eigenvalue weighted by Crippen LogP contribution is -2.57. The number of sulfone groups is 1. The van der Waals surface area contributed by atoms with Gasteiger partial charge in [-0.15, -0.1) is 11.3 Å². The molecule has 1 aromatic rings. The minimum absolute atomic E-state index is 0.135. The Bertz CT molecular complexity index is 665. The van der Waals surface area contributed by atoms with E-state index in [1.807, 2.05) is 17.5 Å².